The third-order valence-corrected chi connectivity index (χ3v) is 3.86. The van der Waals surface area contributed by atoms with Gasteiger partial charge in [0.05, 0.1) is 5.39 Å². The van der Waals surface area contributed by atoms with Crippen molar-refractivity contribution in [2.45, 2.75) is 26.2 Å². The molecule has 6 heteroatoms. The number of aromatic nitrogens is 3. The van der Waals surface area contributed by atoms with Crippen LogP contribution in [-0.2, 0) is 4.79 Å². The molecular weight excluding hydrogens is 328 g/mol. The lowest BCUT2D eigenvalue weighted by molar-refractivity contribution is -0.118. The lowest BCUT2D eigenvalue weighted by atomic mass is 10.1. The van der Waals surface area contributed by atoms with Crippen LogP contribution < -0.4 is 11.0 Å². The molecule has 132 valence electrons. The zero-order valence-electron chi connectivity index (χ0n) is 14.5. The summed E-state index contributed by atoms with van der Waals surface area (Å²) in [5.41, 5.74) is 1.79. The molecule has 0 aliphatic rings. The SMILES string of the molecule is CCCC(=O)C/C=C/c1ccc(Nc2[nH]c(=O)nc3ncccc23)cc1. The van der Waals surface area contributed by atoms with Crippen molar-refractivity contribution in [1.29, 1.82) is 0 Å². The molecule has 2 heterocycles. The number of anilines is 2. The molecule has 0 atom stereocenters. The van der Waals surface area contributed by atoms with Gasteiger partial charge in [-0.2, -0.15) is 4.98 Å². The summed E-state index contributed by atoms with van der Waals surface area (Å²) in [5, 5.41) is 3.93. The monoisotopic (exact) mass is 348 g/mol. The molecule has 0 fully saturated rings. The Morgan fingerprint density at radius 3 is 2.81 bits per heavy atom. The van der Waals surface area contributed by atoms with Gasteiger partial charge >= 0.3 is 5.69 Å². The van der Waals surface area contributed by atoms with Crippen molar-refractivity contribution in [2.24, 2.45) is 0 Å². The quantitative estimate of drug-likeness (QED) is 0.677. The Bertz CT molecular complexity index is 991. The molecule has 2 N–H and O–H groups in total. The van der Waals surface area contributed by atoms with Crippen LogP contribution in [0.3, 0.4) is 0 Å². The Balaban J connectivity index is 1.73. The number of allylic oxidation sites excluding steroid dienone is 1. The van der Waals surface area contributed by atoms with Crippen LogP contribution in [0.25, 0.3) is 17.1 Å². The van der Waals surface area contributed by atoms with Gasteiger partial charge in [0.25, 0.3) is 0 Å². The summed E-state index contributed by atoms with van der Waals surface area (Å²) in [6.45, 7) is 2.00. The van der Waals surface area contributed by atoms with Gasteiger partial charge in [0.15, 0.2) is 5.65 Å². The average Bonchev–Trinajstić information content (AvgIpc) is 2.63. The highest BCUT2D eigenvalue weighted by Crippen LogP contribution is 2.21. The summed E-state index contributed by atoms with van der Waals surface area (Å²) in [6.07, 6.45) is 7.40. The van der Waals surface area contributed by atoms with Crippen molar-refractivity contribution in [2.75, 3.05) is 5.32 Å². The molecule has 2 aromatic heterocycles. The molecule has 0 spiro atoms. The molecule has 0 aliphatic carbocycles. The van der Waals surface area contributed by atoms with Crippen molar-refractivity contribution in [1.82, 2.24) is 15.0 Å². The van der Waals surface area contributed by atoms with E-state index in [-0.39, 0.29) is 5.78 Å². The predicted octanol–water partition coefficient (Wildman–Crippen LogP) is 3.83. The molecule has 0 unspecified atom stereocenters. The molecule has 0 bridgehead atoms. The standard InChI is InChI=1S/C20H20N4O2/c1-2-5-16(25)7-3-6-14-9-11-15(12-10-14)22-19-17-8-4-13-21-18(17)23-20(26)24-19/h3-4,6,8-13H,2,5,7H2,1H3,(H2,21,22,23,24,26)/b6-3+. The second kappa shape index (κ2) is 8.20. The number of benzene rings is 1. The van der Waals surface area contributed by atoms with Crippen molar-refractivity contribution >= 4 is 34.4 Å². The number of pyridine rings is 1. The Morgan fingerprint density at radius 2 is 2.04 bits per heavy atom. The second-order valence-corrected chi connectivity index (χ2v) is 5.93. The molecule has 26 heavy (non-hydrogen) atoms. The molecular formula is C20H20N4O2. The van der Waals surface area contributed by atoms with Crippen molar-refractivity contribution in [3.8, 4) is 0 Å². The van der Waals surface area contributed by atoms with Gasteiger partial charge in [-0.3, -0.25) is 9.78 Å². The van der Waals surface area contributed by atoms with Gasteiger partial charge < -0.3 is 5.32 Å². The fourth-order valence-corrected chi connectivity index (χ4v) is 2.61. The Hall–Kier alpha value is -3.28. The van der Waals surface area contributed by atoms with Crippen molar-refractivity contribution < 1.29 is 4.79 Å². The summed E-state index contributed by atoms with van der Waals surface area (Å²) in [7, 11) is 0. The number of hydrogen-bond acceptors (Lipinski definition) is 5. The van der Waals surface area contributed by atoms with Crippen LogP contribution in [0.2, 0.25) is 0 Å². The number of fused-ring (bicyclic) bond motifs is 1. The summed E-state index contributed by atoms with van der Waals surface area (Å²) in [6, 6.07) is 11.4. The maximum atomic E-state index is 11.7. The first-order valence-corrected chi connectivity index (χ1v) is 8.56. The number of Topliss-reactive ketones (excluding diaryl/α,β-unsaturated/α-hetero) is 1. The van der Waals surface area contributed by atoms with Crippen LogP contribution in [0.5, 0.6) is 0 Å². The first kappa shape index (κ1) is 17.5. The Kier molecular flexibility index (Phi) is 5.53. The molecule has 1 aromatic carbocycles. The average molecular weight is 348 g/mol. The van der Waals surface area contributed by atoms with Crippen LogP contribution in [0.1, 0.15) is 31.7 Å². The van der Waals surface area contributed by atoms with Crippen molar-refractivity contribution in [3.05, 3.63) is 64.7 Å². The van der Waals surface area contributed by atoms with Crippen LogP contribution in [0.15, 0.2) is 53.5 Å². The number of carbonyl (C=O) groups is 1. The van der Waals surface area contributed by atoms with Gasteiger partial charge in [0, 0.05) is 24.7 Å². The van der Waals surface area contributed by atoms with E-state index in [0.29, 0.717) is 24.3 Å². The summed E-state index contributed by atoms with van der Waals surface area (Å²) in [4.78, 5) is 33.9. The highest BCUT2D eigenvalue weighted by Gasteiger charge is 2.05. The van der Waals surface area contributed by atoms with E-state index in [1.54, 1.807) is 12.3 Å². The number of H-pyrrole nitrogens is 1. The summed E-state index contributed by atoms with van der Waals surface area (Å²) >= 11 is 0. The fraction of sp³-hybridized carbons (Fsp3) is 0.200. The van der Waals surface area contributed by atoms with Crippen LogP contribution in [0.4, 0.5) is 11.5 Å². The molecule has 0 radical (unpaired) electrons. The van der Waals surface area contributed by atoms with Gasteiger partial charge in [-0.15, -0.1) is 0 Å². The van der Waals surface area contributed by atoms with Gasteiger partial charge in [-0.05, 0) is 36.2 Å². The highest BCUT2D eigenvalue weighted by molar-refractivity contribution is 5.88. The number of nitrogens with zero attached hydrogens (tertiary/aromatic N) is 2. The highest BCUT2D eigenvalue weighted by atomic mass is 16.1. The van der Waals surface area contributed by atoms with Crippen LogP contribution >= 0.6 is 0 Å². The minimum absolute atomic E-state index is 0.254. The number of aromatic amines is 1. The lowest BCUT2D eigenvalue weighted by Crippen LogP contribution is -2.13. The third-order valence-electron chi connectivity index (χ3n) is 3.86. The van der Waals surface area contributed by atoms with E-state index in [1.807, 2.05) is 49.4 Å². The lowest BCUT2D eigenvalue weighted by Gasteiger charge is -2.08. The molecule has 6 nitrogen and oxygen atoms in total. The summed E-state index contributed by atoms with van der Waals surface area (Å²) < 4.78 is 0. The fourth-order valence-electron chi connectivity index (χ4n) is 2.61. The zero-order chi connectivity index (χ0) is 18.4. The van der Waals surface area contributed by atoms with E-state index in [2.05, 4.69) is 20.3 Å². The Labute approximate surface area is 151 Å². The molecule has 3 aromatic rings. The first-order chi connectivity index (χ1) is 12.7. The molecule has 0 saturated carbocycles. The largest absolute Gasteiger partial charge is 0.348 e. The minimum Gasteiger partial charge on any atom is -0.341 e. The number of rotatable bonds is 7. The van der Waals surface area contributed by atoms with Crippen molar-refractivity contribution in [3.63, 3.8) is 0 Å². The van der Waals surface area contributed by atoms with E-state index >= 15 is 0 Å². The molecule has 0 aliphatic heterocycles. The molecule has 0 amide bonds. The Morgan fingerprint density at radius 1 is 1.23 bits per heavy atom. The topological polar surface area (TPSA) is 87.7 Å². The van der Waals surface area contributed by atoms with E-state index in [0.717, 1.165) is 23.1 Å². The number of nitrogens with one attached hydrogen (secondary N) is 2. The maximum absolute atomic E-state index is 11.7. The van der Waals surface area contributed by atoms with Gasteiger partial charge in [-0.25, -0.2) is 9.78 Å². The zero-order valence-corrected chi connectivity index (χ0v) is 14.5. The van der Waals surface area contributed by atoms with E-state index in [4.69, 9.17) is 0 Å². The molecule has 3 rings (SSSR count). The minimum atomic E-state index is -0.449. The summed E-state index contributed by atoms with van der Waals surface area (Å²) in [5.74, 6) is 0.811. The second-order valence-electron chi connectivity index (χ2n) is 5.93. The van der Waals surface area contributed by atoms with Crippen LogP contribution in [0, 0.1) is 0 Å². The van der Waals surface area contributed by atoms with E-state index in [9.17, 15) is 9.59 Å². The van der Waals surface area contributed by atoms with Gasteiger partial charge in [0.2, 0.25) is 0 Å². The van der Waals surface area contributed by atoms with Gasteiger partial charge in [-0.1, -0.05) is 31.2 Å². The number of hydrogen-bond donors (Lipinski definition) is 2. The molecule has 0 saturated heterocycles. The first-order valence-electron chi connectivity index (χ1n) is 8.56. The van der Waals surface area contributed by atoms with Crippen LogP contribution in [-0.4, -0.2) is 20.7 Å². The number of carbonyl (C=O) groups excluding carboxylic acids is 1. The van der Waals surface area contributed by atoms with E-state index < -0.39 is 5.69 Å². The predicted molar refractivity (Wildman–Crippen MR) is 103 cm³/mol. The van der Waals surface area contributed by atoms with E-state index in [1.165, 1.54) is 0 Å². The normalized spacial score (nSPS) is 11.1. The smallest absolute Gasteiger partial charge is 0.341 e. The number of ketones is 1. The maximum Gasteiger partial charge on any atom is 0.348 e. The van der Waals surface area contributed by atoms with Gasteiger partial charge in [0.1, 0.15) is 11.6 Å². The third kappa shape index (κ3) is 4.42.